The van der Waals surface area contributed by atoms with Crippen LogP contribution in [0.5, 0.6) is 0 Å². The predicted octanol–water partition coefficient (Wildman–Crippen LogP) is 2.05. The van der Waals surface area contributed by atoms with Crippen LogP contribution in [0.1, 0.15) is 17.5 Å². The first-order valence-electron chi connectivity index (χ1n) is 8.88. The number of hydrogen-bond acceptors (Lipinski definition) is 6. The van der Waals surface area contributed by atoms with Gasteiger partial charge < -0.3 is 15.7 Å². The molecule has 2 aromatic heterocycles. The van der Waals surface area contributed by atoms with Gasteiger partial charge in [0.1, 0.15) is 5.82 Å². The Kier molecular flexibility index (Phi) is 4.37. The molecule has 4 rings (SSSR count). The van der Waals surface area contributed by atoms with Crippen LogP contribution in [-0.4, -0.2) is 44.8 Å². The van der Waals surface area contributed by atoms with Crippen molar-refractivity contribution in [2.75, 3.05) is 23.7 Å². The topological polar surface area (TPSA) is 104 Å². The lowest BCUT2D eigenvalue weighted by Crippen LogP contribution is -2.22. The van der Waals surface area contributed by atoms with Crippen LogP contribution in [0.25, 0.3) is 11.1 Å². The molecule has 0 radical (unpaired) electrons. The molecule has 0 unspecified atom stereocenters. The van der Waals surface area contributed by atoms with Gasteiger partial charge in [0.2, 0.25) is 0 Å². The predicted molar refractivity (Wildman–Crippen MR) is 106 cm³/mol. The molecule has 1 aromatic carbocycles. The van der Waals surface area contributed by atoms with E-state index >= 15 is 0 Å². The lowest BCUT2D eigenvalue weighted by Gasteiger charge is -2.17. The third kappa shape index (κ3) is 3.41. The van der Waals surface area contributed by atoms with Gasteiger partial charge in [0, 0.05) is 54.9 Å². The fourth-order valence-corrected chi connectivity index (χ4v) is 3.37. The second kappa shape index (κ2) is 6.85. The van der Waals surface area contributed by atoms with E-state index in [0.29, 0.717) is 23.5 Å². The van der Waals surface area contributed by atoms with Gasteiger partial charge in [-0.3, -0.25) is 10.1 Å². The molecule has 4 N–H and O–H groups in total. The number of nitrogens with one attached hydrogen (secondary N) is 1. The number of rotatable bonds is 4. The lowest BCUT2D eigenvalue weighted by molar-refractivity contribution is 0.198. The number of nitrogens with zero attached hydrogens (tertiary/aromatic N) is 4. The standard InChI is InChI=1S/C20H22N6O/c1-25-11-15(10-24-25)13-2-3-18(21)17(8-13)20(22)14-4-6-23-19(9-14)26-7-5-16(27)12-26/h2-4,6,8-11,16,22,27H,5,7,12,21H2,1H3/t16-/m1/s1. The smallest absolute Gasteiger partial charge is 0.129 e. The van der Waals surface area contributed by atoms with Crippen molar-refractivity contribution in [1.29, 1.82) is 5.41 Å². The number of β-amino-alcohol motifs (C(OH)–C–C–N with tert-alkyl or cyclic N) is 1. The largest absolute Gasteiger partial charge is 0.398 e. The Morgan fingerprint density at radius 3 is 2.81 bits per heavy atom. The maximum absolute atomic E-state index is 9.76. The monoisotopic (exact) mass is 362 g/mol. The number of benzene rings is 1. The summed E-state index contributed by atoms with van der Waals surface area (Å²) in [5.74, 6) is 0.774. The maximum atomic E-state index is 9.76. The average molecular weight is 362 g/mol. The molecule has 3 heterocycles. The molecule has 1 fully saturated rings. The normalized spacial score (nSPS) is 16.7. The van der Waals surface area contributed by atoms with Crippen LogP contribution >= 0.6 is 0 Å². The Morgan fingerprint density at radius 1 is 1.26 bits per heavy atom. The summed E-state index contributed by atoms with van der Waals surface area (Å²) in [6.07, 6.45) is 5.85. The van der Waals surface area contributed by atoms with E-state index in [1.54, 1.807) is 17.1 Å². The Balaban J connectivity index is 1.66. The zero-order valence-electron chi connectivity index (χ0n) is 15.1. The molecule has 1 aliphatic heterocycles. The number of aliphatic hydroxyl groups is 1. The van der Waals surface area contributed by atoms with Gasteiger partial charge in [0.15, 0.2) is 0 Å². The summed E-state index contributed by atoms with van der Waals surface area (Å²) in [5.41, 5.74) is 10.4. The zero-order chi connectivity index (χ0) is 19.0. The molecule has 3 aromatic rings. The van der Waals surface area contributed by atoms with Gasteiger partial charge in [0.05, 0.1) is 18.0 Å². The summed E-state index contributed by atoms with van der Waals surface area (Å²) in [5, 5.41) is 22.7. The summed E-state index contributed by atoms with van der Waals surface area (Å²) < 4.78 is 1.75. The summed E-state index contributed by atoms with van der Waals surface area (Å²) in [7, 11) is 1.87. The number of nitrogen functional groups attached to an aromatic ring is 1. The van der Waals surface area contributed by atoms with Crippen LogP contribution in [0.15, 0.2) is 48.9 Å². The number of aromatic nitrogens is 3. The van der Waals surface area contributed by atoms with Crippen LogP contribution in [0, 0.1) is 5.41 Å². The first-order valence-corrected chi connectivity index (χ1v) is 8.88. The van der Waals surface area contributed by atoms with Crippen LogP contribution in [0.2, 0.25) is 0 Å². The van der Waals surface area contributed by atoms with Gasteiger partial charge in [-0.2, -0.15) is 5.10 Å². The van der Waals surface area contributed by atoms with Gasteiger partial charge in [0.25, 0.3) is 0 Å². The molecule has 27 heavy (non-hydrogen) atoms. The summed E-state index contributed by atoms with van der Waals surface area (Å²) in [4.78, 5) is 6.44. The van der Waals surface area contributed by atoms with Crippen molar-refractivity contribution in [3.05, 3.63) is 60.0 Å². The Bertz CT molecular complexity index is 996. The van der Waals surface area contributed by atoms with E-state index in [2.05, 4.69) is 10.1 Å². The molecule has 1 aliphatic rings. The van der Waals surface area contributed by atoms with Crippen molar-refractivity contribution in [3.63, 3.8) is 0 Å². The molecular formula is C20H22N6O. The Morgan fingerprint density at radius 2 is 2.11 bits per heavy atom. The van der Waals surface area contributed by atoms with Gasteiger partial charge in [-0.1, -0.05) is 6.07 Å². The number of aryl methyl sites for hydroxylation is 1. The van der Waals surface area contributed by atoms with E-state index in [9.17, 15) is 5.11 Å². The second-order valence-electron chi connectivity index (χ2n) is 6.87. The molecule has 7 nitrogen and oxygen atoms in total. The van der Waals surface area contributed by atoms with E-state index < -0.39 is 0 Å². The minimum Gasteiger partial charge on any atom is -0.398 e. The molecule has 0 aliphatic carbocycles. The lowest BCUT2D eigenvalue weighted by atomic mass is 9.97. The van der Waals surface area contributed by atoms with E-state index in [4.69, 9.17) is 11.1 Å². The number of pyridine rings is 1. The zero-order valence-corrected chi connectivity index (χ0v) is 15.1. The highest BCUT2D eigenvalue weighted by Crippen LogP contribution is 2.26. The van der Waals surface area contributed by atoms with E-state index in [1.165, 1.54) is 0 Å². The summed E-state index contributed by atoms with van der Waals surface area (Å²) in [6.45, 7) is 1.34. The van der Waals surface area contributed by atoms with Crippen LogP contribution in [0.3, 0.4) is 0 Å². The van der Waals surface area contributed by atoms with Crippen LogP contribution < -0.4 is 10.6 Å². The molecule has 0 saturated carbocycles. The first kappa shape index (κ1) is 17.2. The third-order valence-electron chi connectivity index (χ3n) is 4.88. The van der Waals surface area contributed by atoms with Crippen molar-refractivity contribution < 1.29 is 5.11 Å². The van der Waals surface area contributed by atoms with Crippen LogP contribution in [-0.2, 0) is 7.05 Å². The van der Waals surface area contributed by atoms with E-state index in [-0.39, 0.29) is 6.10 Å². The third-order valence-corrected chi connectivity index (χ3v) is 4.88. The highest BCUT2D eigenvalue weighted by molar-refractivity contribution is 6.14. The minimum absolute atomic E-state index is 0.318. The van der Waals surface area contributed by atoms with E-state index in [1.807, 2.05) is 48.5 Å². The van der Waals surface area contributed by atoms with Crippen molar-refractivity contribution in [2.24, 2.45) is 7.05 Å². The van der Waals surface area contributed by atoms with E-state index in [0.717, 1.165) is 35.5 Å². The molecule has 7 heteroatoms. The maximum Gasteiger partial charge on any atom is 0.129 e. The van der Waals surface area contributed by atoms with Crippen molar-refractivity contribution in [2.45, 2.75) is 12.5 Å². The van der Waals surface area contributed by atoms with Crippen molar-refractivity contribution in [1.82, 2.24) is 14.8 Å². The number of anilines is 2. The molecule has 0 spiro atoms. The van der Waals surface area contributed by atoms with Gasteiger partial charge in [-0.15, -0.1) is 0 Å². The first-order chi connectivity index (χ1) is 13.0. The Labute approximate surface area is 157 Å². The van der Waals surface area contributed by atoms with Gasteiger partial charge in [-0.05, 0) is 36.2 Å². The SMILES string of the molecule is Cn1cc(-c2ccc(N)c(C(=N)c3ccnc(N4CC[C@@H](O)C4)c3)c2)cn1. The highest BCUT2D eigenvalue weighted by atomic mass is 16.3. The number of nitrogens with two attached hydrogens (primary N) is 1. The number of aliphatic hydroxyl groups excluding tert-OH is 1. The molecule has 1 saturated heterocycles. The Hall–Kier alpha value is -3.19. The fraction of sp³-hybridized carbons (Fsp3) is 0.250. The molecular weight excluding hydrogens is 340 g/mol. The highest BCUT2D eigenvalue weighted by Gasteiger charge is 2.22. The number of hydrogen-bond donors (Lipinski definition) is 3. The molecule has 1 atom stereocenters. The summed E-state index contributed by atoms with van der Waals surface area (Å²) >= 11 is 0. The summed E-state index contributed by atoms with van der Waals surface area (Å²) in [6, 6.07) is 9.39. The second-order valence-corrected chi connectivity index (χ2v) is 6.87. The quantitative estimate of drug-likeness (QED) is 0.487. The van der Waals surface area contributed by atoms with Crippen LogP contribution in [0.4, 0.5) is 11.5 Å². The van der Waals surface area contributed by atoms with Crippen molar-refractivity contribution >= 4 is 17.2 Å². The minimum atomic E-state index is -0.318. The fourth-order valence-electron chi connectivity index (χ4n) is 3.37. The molecule has 0 amide bonds. The average Bonchev–Trinajstić information content (AvgIpc) is 3.30. The molecule has 0 bridgehead atoms. The molecule has 138 valence electrons. The van der Waals surface area contributed by atoms with Gasteiger partial charge >= 0.3 is 0 Å². The van der Waals surface area contributed by atoms with Crippen molar-refractivity contribution in [3.8, 4) is 11.1 Å². The van der Waals surface area contributed by atoms with Gasteiger partial charge in [-0.25, -0.2) is 4.98 Å².